The fraction of sp³-hybridized carbons (Fsp3) is 0.357. The molecule has 3 nitrogen and oxygen atoms in total. The molecule has 19 heavy (non-hydrogen) atoms. The lowest BCUT2D eigenvalue weighted by Gasteiger charge is -2.13. The van der Waals surface area contributed by atoms with Crippen molar-refractivity contribution in [3.05, 3.63) is 45.4 Å². The zero-order chi connectivity index (χ0) is 14.2. The molecule has 0 spiro atoms. The Bertz CT molecular complexity index is 605. The van der Waals surface area contributed by atoms with Crippen LogP contribution in [0.1, 0.15) is 23.9 Å². The van der Waals surface area contributed by atoms with Crippen molar-refractivity contribution in [2.45, 2.75) is 33.2 Å². The quantitative estimate of drug-likeness (QED) is 0.941. The highest BCUT2D eigenvalue weighted by molar-refractivity contribution is 9.10. The number of halogens is 2. The first-order chi connectivity index (χ1) is 8.90. The zero-order valence-corrected chi connectivity index (χ0v) is 12.8. The molecular weight excluding hydrogens is 309 g/mol. The summed E-state index contributed by atoms with van der Waals surface area (Å²) < 4.78 is 16.2. The molecule has 1 aromatic heterocycles. The second-order valence-corrected chi connectivity index (χ2v) is 5.64. The molecule has 1 heterocycles. The van der Waals surface area contributed by atoms with Gasteiger partial charge >= 0.3 is 0 Å². The van der Waals surface area contributed by atoms with E-state index in [2.05, 4.69) is 21.0 Å². The van der Waals surface area contributed by atoms with Crippen LogP contribution >= 0.6 is 15.9 Å². The minimum absolute atomic E-state index is 0.0269. The molecule has 0 aliphatic heterocycles. The van der Waals surface area contributed by atoms with Crippen LogP contribution in [-0.4, -0.2) is 15.8 Å². The Labute approximate surface area is 120 Å². The van der Waals surface area contributed by atoms with Gasteiger partial charge in [0.05, 0.1) is 21.5 Å². The molecule has 0 radical (unpaired) electrons. The average Bonchev–Trinajstić information content (AvgIpc) is 2.57. The van der Waals surface area contributed by atoms with Crippen LogP contribution in [0.5, 0.6) is 0 Å². The highest BCUT2D eigenvalue weighted by atomic mass is 79.9. The fourth-order valence-electron chi connectivity index (χ4n) is 2.13. The van der Waals surface area contributed by atoms with Gasteiger partial charge in [-0.05, 0) is 66.9 Å². The van der Waals surface area contributed by atoms with Crippen molar-refractivity contribution in [1.29, 1.82) is 0 Å². The molecule has 1 aromatic carbocycles. The van der Waals surface area contributed by atoms with Crippen molar-refractivity contribution in [3.8, 4) is 5.69 Å². The average molecular weight is 326 g/mol. The molecule has 0 aliphatic carbocycles. The summed E-state index contributed by atoms with van der Waals surface area (Å²) >= 11 is 3.51. The van der Waals surface area contributed by atoms with Crippen LogP contribution in [0.4, 0.5) is 4.39 Å². The summed E-state index contributed by atoms with van der Waals surface area (Å²) in [6, 6.07) is 4.70. The van der Waals surface area contributed by atoms with Gasteiger partial charge in [-0.15, -0.1) is 0 Å². The van der Waals surface area contributed by atoms with Gasteiger partial charge in [0.1, 0.15) is 5.82 Å². The van der Waals surface area contributed by atoms with Crippen molar-refractivity contribution in [2.75, 3.05) is 0 Å². The largest absolute Gasteiger partial charge is 0.328 e. The summed E-state index contributed by atoms with van der Waals surface area (Å²) in [7, 11) is 0. The van der Waals surface area contributed by atoms with Crippen molar-refractivity contribution in [1.82, 2.24) is 9.78 Å². The Balaban J connectivity index is 2.57. The minimum atomic E-state index is -0.250. The molecule has 0 bridgehead atoms. The van der Waals surface area contributed by atoms with Crippen LogP contribution in [0.3, 0.4) is 0 Å². The number of hydrogen-bond acceptors (Lipinski definition) is 2. The van der Waals surface area contributed by atoms with Crippen molar-refractivity contribution < 1.29 is 4.39 Å². The first-order valence-corrected chi connectivity index (χ1v) is 6.95. The first kappa shape index (κ1) is 14.2. The Morgan fingerprint density at radius 3 is 2.63 bits per heavy atom. The Morgan fingerprint density at radius 1 is 1.42 bits per heavy atom. The van der Waals surface area contributed by atoms with Crippen molar-refractivity contribution in [2.24, 2.45) is 5.73 Å². The number of aromatic nitrogens is 2. The number of benzene rings is 1. The maximum Gasteiger partial charge on any atom is 0.123 e. The molecule has 1 atom stereocenters. The van der Waals surface area contributed by atoms with E-state index < -0.39 is 0 Å². The van der Waals surface area contributed by atoms with Crippen LogP contribution in [-0.2, 0) is 6.42 Å². The lowest BCUT2D eigenvalue weighted by molar-refractivity contribution is 0.620. The molecule has 0 amide bonds. The van der Waals surface area contributed by atoms with E-state index in [-0.39, 0.29) is 11.9 Å². The van der Waals surface area contributed by atoms with Gasteiger partial charge < -0.3 is 5.73 Å². The summed E-state index contributed by atoms with van der Waals surface area (Å²) in [6.45, 7) is 5.82. The maximum absolute atomic E-state index is 13.4. The SMILES string of the molecule is Cc1nn(-c2ccc(F)cc2CC(C)N)c(C)c1Br. The Hall–Kier alpha value is -1.20. The zero-order valence-electron chi connectivity index (χ0n) is 11.2. The third-order valence-corrected chi connectivity index (χ3v) is 4.16. The lowest BCUT2D eigenvalue weighted by atomic mass is 10.1. The van der Waals surface area contributed by atoms with Gasteiger partial charge in [-0.2, -0.15) is 5.10 Å². The standard InChI is InChI=1S/C14H17BrFN3/c1-8(17)6-11-7-12(16)4-5-13(11)19-10(3)14(15)9(2)18-19/h4-5,7-8H,6,17H2,1-3H3. The fourth-order valence-corrected chi connectivity index (χ4v) is 2.38. The molecule has 0 fully saturated rings. The van der Waals surface area contributed by atoms with Crippen LogP contribution in [0.15, 0.2) is 22.7 Å². The van der Waals surface area contributed by atoms with E-state index in [1.807, 2.05) is 25.5 Å². The topological polar surface area (TPSA) is 43.8 Å². The summed E-state index contributed by atoms with van der Waals surface area (Å²) in [5, 5.41) is 4.48. The smallest absolute Gasteiger partial charge is 0.123 e. The molecule has 0 aliphatic rings. The van der Waals surface area contributed by atoms with Gasteiger partial charge in [0.25, 0.3) is 0 Å². The second kappa shape index (κ2) is 5.43. The van der Waals surface area contributed by atoms with E-state index >= 15 is 0 Å². The lowest BCUT2D eigenvalue weighted by Crippen LogP contribution is -2.19. The van der Waals surface area contributed by atoms with Gasteiger partial charge in [0, 0.05) is 6.04 Å². The molecule has 0 saturated carbocycles. The van der Waals surface area contributed by atoms with Crippen molar-refractivity contribution in [3.63, 3.8) is 0 Å². The molecular formula is C14H17BrFN3. The third-order valence-electron chi connectivity index (χ3n) is 3.01. The first-order valence-electron chi connectivity index (χ1n) is 6.16. The summed E-state index contributed by atoms with van der Waals surface area (Å²) in [4.78, 5) is 0. The molecule has 5 heteroatoms. The van der Waals surface area contributed by atoms with Gasteiger partial charge in [-0.25, -0.2) is 9.07 Å². The molecule has 2 rings (SSSR count). The van der Waals surface area contributed by atoms with E-state index in [9.17, 15) is 4.39 Å². The van der Waals surface area contributed by atoms with Crippen LogP contribution in [0, 0.1) is 19.7 Å². The predicted molar refractivity (Wildman–Crippen MR) is 78.0 cm³/mol. The Morgan fingerprint density at radius 2 is 2.11 bits per heavy atom. The van der Waals surface area contributed by atoms with Crippen molar-refractivity contribution >= 4 is 15.9 Å². The summed E-state index contributed by atoms with van der Waals surface area (Å²) in [5.74, 6) is -0.250. The monoisotopic (exact) mass is 325 g/mol. The van der Waals surface area contributed by atoms with E-state index in [0.29, 0.717) is 6.42 Å². The Kier molecular flexibility index (Phi) is 4.06. The van der Waals surface area contributed by atoms with Gasteiger partial charge in [-0.3, -0.25) is 0 Å². The number of rotatable bonds is 3. The minimum Gasteiger partial charge on any atom is -0.328 e. The van der Waals surface area contributed by atoms with Gasteiger partial charge in [-0.1, -0.05) is 0 Å². The van der Waals surface area contributed by atoms with Crippen LogP contribution in [0.2, 0.25) is 0 Å². The number of hydrogen-bond donors (Lipinski definition) is 1. The van der Waals surface area contributed by atoms with E-state index in [4.69, 9.17) is 5.73 Å². The highest BCUT2D eigenvalue weighted by Gasteiger charge is 2.14. The van der Waals surface area contributed by atoms with E-state index in [1.165, 1.54) is 12.1 Å². The molecule has 0 saturated heterocycles. The highest BCUT2D eigenvalue weighted by Crippen LogP contribution is 2.25. The molecule has 2 aromatic rings. The second-order valence-electron chi connectivity index (χ2n) is 4.85. The number of nitrogens with zero attached hydrogens (tertiary/aromatic N) is 2. The number of nitrogens with two attached hydrogens (primary N) is 1. The van der Waals surface area contributed by atoms with Crippen LogP contribution < -0.4 is 5.73 Å². The molecule has 102 valence electrons. The maximum atomic E-state index is 13.4. The number of aryl methyl sites for hydroxylation is 1. The molecule has 2 N–H and O–H groups in total. The van der Waals surface area contributed by atoms with E-state index in [1.54, 1.807) is 6.07 Å². The van der Waals surface area contributed by atoms with Gasteiger partial charge in [0.2, 0.25) is 0 Å². The summed E-state index contributed by atoms with van der Waals surface area (Å²) in [6.07, 6.45) is 0.614. The summed E-state index contributed by atoms with van der Waals surface area (Å²) in [5.41, 5.74) is 9.49. The van der Waals surface area contributed by atoms with Crippen LogP contribution in [0.25, 0.3) is 5.69 Å². The third kappa shape index (κ3) is 2.87. The van der Waals surface area contributed by atoms with E-state index in [0.717, 1.165) is 27.1 Å². The van der Waals surface area contributed by atoms with Gasteiger partial charge in [0.15, 0.2) is 0 Å². The molecule has 1 unspecified atom stereocenters. The predicted octanol–water partition coefficient (Wildman–Crippen LogP) is 3.28. The normalized spacial score (nSPS) is 12.7.